The van der Waals surface area contributed by atoms with Crippen LogP contribution in [0.4, 0.5) is 4.79 Å². The van der Waals surface area contributed by atoms with Gasteiger partial charge in [-0.15, -0.1) is 0 Å². The quantitative estimate of drug-likeness (QED) is 0.787. The number of carbonyl (C=O) groups excluding carboxylic acids is 1. The van der Waals surface area contributed by atoms with Gasteiger partial charge in [0.1, 0.15) is 5.60 Å². The monoisotopic (exact) mass is 343 g/mol. The molecule has 1 fully saturated rings. The third-order valence-corrected chi connectivity index (χ3v) is 6.78. The van der Waals surface area contributed by atoms with Crippen molar-refractivity contribution in [2.75, 3.05) is 18.8 Å². The van der Waals surface area contributed by atoms with E-state index in [1.165, 1.54) is 0 Å². The van der Waals surface area contributed by atoms with Gasteiger partial charge in [0.05, 0.1) is 4.90 Å². The summed E-state index contributed by atoms with van der Waals surface area (Å²) >= 11 is 0. The molecule has 0 atom stereocenters. The Labute approximate surface area is 135 Å². The molecule has 0 radical (unpaired) electrons. The van der Waals surface area contributed by atoms with E-state index in [0.717, 1.165) is 10.8 Å². The molecular formula is C15H21NO4S2. The number of benzene rings is 1. The van der Waals surface area contributed by atoms with Gasteiger partial charge in [-0.25, -0.2) is 13.2 Å². The Morgan fingerprint density at radius 2 is 1.86 bits per heavy atom. The van der Waals surface area contributed by atoms with Crippen LogP contribution in [-0.2, 0) is 13.6 Å². The first-order valence-corrected chi connectivity index (χ1v) is 10.1. The third kappa shape index (κ3) is 4.64. The Balaban J connectivity index is 1.78. The molecule has 0 saturated carbocycles. The lowest BCUT2D eigenvalue weighted by molar-refractivity contribution is 0.00218. The average Bonchev–Trinajstić information content (AvgIpc) is 2.35. The molecule has 0 aromatic heterocycles. The van der Waals surface area contributed by atoms with Crippen LogP contribution >= 0.6 is 10.8 Å². The van der Waals surface area contributed by atoms with Gasteiger partial charge in [-0.1, -0.05) is 18.2 Å². The van der Waals surface area contributed by atoms with E-state index in [-0.39, 0.29) is 12.0 Å². The van der Waals surface area contributed by atoms with Crippen LogP contribution in [0.25, 0.3) is 0 Å². The maximum absolute atomic E-state index is 12.1. The Hall–Kier alpha value is -1.21. The van der Waals surface area contributed by atoms with E-state index in [9.17, 15) is 13.2 Å². The fourth-order valence-corrected chi connectivity index (χ4v) is 5.06. The molecule has 0 bridgehead atoms. The standard InChI is InChI=1S/C15H21NO4S2/c1-15(2,3)20-14(17)16-9-12(10-16)11-21-22(18,19)13-7-5-4-6-8-13/h4-8,12H,9-11H2,1-3H3. The summed E-state index contributed by atoms with van der Waals surface area (Å²) in [5.41, 5.74) is -0.506. The molecule has 1 heterocycles. The smallest absolute Gasteiger partial charge is 0.410 e. The minimum absolute atomic E-state index is 0.191. The van der Waals surface area contributed by atoms with E-state index in [1.807, 2.05) is 20.8 Å². The van der Waals surface area contributed by atoms with Crippen molar-refractivity contribution in [2.24, 2.45) is 5.92 Å². The van der Waals surface area contributed by atoms with Gasteiger partial charge >= 0.3 is 6.09 Å². The summed E-state index contributed by atoms with van der Waals surface area (Å²) in [7, 11) is -2.38. The Kier molecular flexibility index (Phi) is 5.07. The molecule has 122 valence electrons. The van der Waals surface area contributed by atoms with Gasteiger partial charge in [0, 0.05) is 24.8 Å². The van der Waals surface area contributed by atoms with Crippen molar-refractivity contribution in [3.05, 3.63) is 30.3 Å². The highest BCUT2D eigenvalue weighted by Crippen LogP contribution is 2.29. The molecule has 1 saturated heterocycles. The summed E-state index contributed by atoms with van der Waals surface area (Å²) in [6, 6.07) is 8.39. The van der Waals surface area contributed by atoms with E-state index in [4.69, 9.17) is 4.74 Å². The predicted octanol–water partition coefficient (Wildman–Crippen LogP) is 2.98. The number of nitrogens with zero attached hydrogens (tertiary/aromatic N) is 1. The molecule has 5 nitrogen and oxygen atoms in total. The minimum atomic E-state index is -3.32. The molecule has 7 heteroatoms. The molecule has 0 spiro atoms. The minimum Gasteiger partial charge on any atom is -0.444 e. The van der Waals surface area contributed by atoms with Crippen molar-refractivity contribution in [3.63, 3.8) is 0 Å². The first-order chi connectivity index (χ1) is 10.2. The van der Waals surface area contributed by atoms with Crippen molar-refractivity contribution in [2.45, 2.75) is 31.3 Å². The Bertz CT molecular complexity index is 617. The second-order valence-corrected chi connectivity index (χ2v) is 10.3. The van der Waals surface area contributed by atoms with Gasteiger partial charge in [0.25, 0.3) is 0 Å². The van der Waals surface area contributed by atoms with Crippen molar-refractivity contribution < 1.29 is 17.9 Å². The van der Waals surface area contributed by atoms with Gasteiger partial charge in [-0.05, 0) is 43.7 Å². The number of ether oxygens (including phenoxy) is 1. The van der Waals surface area contributed by atoms with Crippen LogP contribution in [0.2, 0.25) is 0 Å². The summed E-state index contributed by atoms with van der Waals surface area (Å²) in [5.74, 6) is 0.673. The summed E-state index contributed by atoms with van der Waals surface area (Å²) in [5, 5.41) is 0. The van der Waals surface area contributed by atoms with E-state index >= 15 is 0 Å². The van der Waals surface area contributed by atoms with E-state index < -0.39 is 14.5 Å². The lowest BCUT2D eigenvalue weighted by atomic mass is 10.0. The zero-order valence-electron chi connectivity index (χ0n) is 13.0. The highest BCUT2D eigenvalue weighted by atomic mass is 33.1. The summed E-state index contributed by atoms with van der Waals surface area (Å²) in [6.07, 6.45) is -0.334. The largest absolute Gasteiger partial charge is 0.444 e. The predicted molar refractivity (Wildman–Crippen MR) is 87.4 cm³/mol. The van der Waals surface area contributed by atoms with E-state index in [2.05, 4.69) is 0 Å². The number of rotatable bonds is 4. The molecule has 1 aliphatic rings. The lowest BCUT2D eigenvalue weighted by Gasteiger charge is -2.39. The molecule has 1 amide bonds. The van der Waals surface area contributed by atoms with E-state index in [0.29, 0.717) is 23.7 Å². The Morgan fingerprint density at radius 3 is 2.41 bits per heavy atom. The van der Waals surface area contributed by atoms with Crippen molar-refractivity contribution in [1.82, 2.24) is 4.90 Å². The normalized spacial score (nSPS) is 16.2. The highest BCUT2D eigenvalue weighted by molar-refractivity contribution is 8.72. The first-order valence-electron chi connectivity index (χ1n) is 7.10. The highest BCUT2D eigenvalue weighted by Gasteiger charge is 2.34. The second kappa shape index (κ2) is 6.50. The molecule has 0 aliphatic carbocycles. The van der Waals surface area contributed by atoms with Gasteiger partial charge in [-0.2, -0.15) is 0 Å². The first kappa shape index (κ1) is 17.1. The number of likely N-dealkylation sites (tertiary alicyclic amines) is 1. The van der Waals surface area contributed by atoms with Crippen LogP contribution < -0.4 is 0 Å². The summed E-state index contributed by atoms with van der Waals surface area (Å²) in [6.45, 7) is 6.57. The SMILES string of the molecule is CC(C)(C)OC(=O)N1CC(CSS(=O)(=O)c2ccccc2)C1. The van der Waals surface area contributed by atoms with Gasteiger partial charge < -0.3 is 9.64 Å². The number of carbonyl (C=O) groups is 1. The molecule has 1 aromatic rings. The lowest BCUT2D eigenvalue weighted by Crippen LogP contribution is -2.52. The number of amides is 1. The van der Waals surface area contributed by atoms with Crippen molar-refractivity contribution in [1.29, 1.82) is 0 Å². The van der Waals surface area contributed by atoms with Crippen molar-refractivity contribution in [3.8, 4) is 0 Å². The Morgan fingerprint density at radius 1 is 1.27 bits per heavy atom. The average molecular weight is 343 g/mol. The van der Waals surface area contributed by atoms with Crippen LogP contribution in [0, 0.1) is 5.92 Å². The van der Waals surface area contributed by atoms with Crippen LogP contribution in [-0.4, -0.2) is 43.9 Å². The molecule has 0 N–H and O–H groups in total. The molecule has 1 aromatic carbocycles. The fraction of sp³-hybridized carbons (Fsp3) is 0.533. The van der Waals surface area contributed by atoms with Crippen LogP contribution in [0.3, 0.4) is 0 Å². The van der Waals surface area contributed by atoms with Gasteiger partial charge in [-0.3, -0.25) is 0 Å². The number of hydrogen-bond donors (Lipinski definition) is 0. The van der Waals surface area contributed by atoms with E-state index in [1.54, 1.807) is 35.2 Å². The summed E-state index contributed by atoms with van der Waals surface area (Å²) < 4.78 is 29.5. The molecule has 22 heavy (non-hydrogen) atoms. The fourth-order valence-electron chi connectivity index (χ4n) is 1.99. The van der Waals surface area contributed by atoms with Gasteiger partial charge in [0.15, 0.2) is 0 Å². The zero-order valence-corrected chi connectivity index (χ0v) is 14.6. The maximum Gasteiger partial charge on any atom is 0.410 e. The van der Waals surface area contributed by atoms with Crippen LogP contribution in [0.1, 0.15) is 20.8 Å². The zero-order chi connectivity index (χ0) is 16.4. The maximum atomic E-state index is 12.1. The third-order valence-electron chi connectivity index (χ3n) is 3.10. The van der Waals surface area contributed by atoms with Crippen LogP contribution in [0.5, 0.6) is 0 Å². The van der Waals surface area contributed by atoms with Crippen LogP contribution in [0.15, 0.2) is 35.2 Å². The molecule has 0 unspecified atom stereocenters. The van der Waals surface area contributed by atoms with Gasteiger partial charge in [0.2, 0.25) is 8.87 Å². The van der Waals surface area contributed by atoms with Crippen molar-refractivity contribution >= 4 is 25.8 Å². The molecule has 1 aliphatic heterocycles. The number of hydrogen-bond acceptors (Lipinski definition) is 5. The summed E-state index contributed by atoms with van der Waals surface area (Å²) in [4.78, 5) is 13.7. The topological polar surface area (TPSA) is 63.7 Å². The molecular weight excluding hydrogens is 322 g/mol. The molecule has 2 rings (SSSR count). The second-order valence-electron chi connectivity index (χ2n) is 6.30.